The SMILES string of the molecule is C=C(C)CCO[C@]12[C@@H]3CC[C@@]1(C)OC(=O)[C@H]2C3. The first-order valence-corrected chi connectivity index (χ1v) is 6.51. The van der Waals surface area contributed by atoms with Gasteiger partial charge in [0.05, 0.1) is 12.5 Å². The van der Waals surface area contributed by atoms with Gasteiger partial charge in [-0.25, -0.2) is 0 Å². The molecule has 0 unspecified atom stereocenters. The molecule has 3 rings (SSSR count). The van der Waals surface area contributed by atoms with Crippen LogP contribution in [0.15, 0.2) is 12.2 Å². The predicted molar refractivity (Wildman–Crippen MR) is 63.4 cm³/mol. The van der Waals surface area contributed by atoms with Crippen molar-refractivity contribution in [3.8, 4) is 0 Å². The first-order chi connectivity index (χ1) is 7.99. The Labute approximate surface area is 102 Å². The molecule has 3 nitrogen and oxygen atoms in total. The van der Waals surface area contributed by atoms with E-state index in [2.05, 4.69) is 6.58 Å². The van der Waals surface area contributed by atoms with E-state index >= 15 is 0 Å². The van der Waals surface area contributed by atoms with Gasteiger partial charge in [-0.3, -0.25) is 4.79 Å². The van der Waals surface area contributed by atoms with Gasteiger partial charge in [0.2, 0.25) is 0 Å². The summed E-state index contributed by atoms with van der Waals surface area (Å²) in [6, 6.07) is 0. The summed E-state index contributed by atoms with van der Waals surface area (Å²) in [7, 11) is 0. The molecule has 3 aliphatic rings. The maximum absolute atomic E-state index is 11.8. The van der Waals surface area contributed by atoms with E-state index in [1.165, 1.54) is 0 Å². The molecule has 1 heterocycles. The van der Waals surface area contributed by atoms with Gasteiger partial charge < -0.3 is 9.47 Å². The number of ether oxygens (including phenoxy) is 2. The lowest BCUT2D eigenvalue weighted by atomic mass is 9.60. The highest BCUT2D eigenvalue weighted by Gasteiger charge is 2.77. The van der Waals surface area contributed by atoms with E-state index in [9.17, 15) is 4.79 Å². The maximum Gasteiger partial charge on any atom is 0.312 e. The largest absolute Gasteiger partial charge is 0.456 e. The lowest BCUT2D eigenvalue weighted by Gasteiger charge is -2.50. The van der Waals surface area contributed by atoms with E-state index in [0.717, 1.165) is 31.3 Å². The molecule has 2 aliphatic carbocycles. The Bertz CT molecular complexity index is 389. The van der Waals surface area contributed by atoms with E-state index in [4.69, 9.17) is 9.47 Å². The van der Waals surface area contributed by atoms with Crippen molar-refractivity contribution in [1.29, 1.82) is 0 Å². The molecule has 1 saturated heterocycles. The maximum atomic E-state index is 11.8. The second kappa shape index (κ2) is 3.35. The molecular weight excluding hydrogens is 216 g/mol. The summed E-state index contributed by atoms with van der Waals surface area (Å²) in [5.74, 6) is 0.470. The monoisotopic (exact) mass is 236 g/mol. The minimum Gasteiger partial charge on any atom is -0.456 e. The van der Waals surface area contributed by atoms with Crippen LogP contribution in [0, 0.1) is 11.8 Å². The Balaban J connectivity index is 1.80. The van der Waals surface area contributed by atoms with Crippen LogP contribution < -0.4 is 0 Å². The van der Waals surface area contributed by atoms with Gasteiger partial charge in [-0.05, 0) is 45.4 Å². The topological polar surface area (TPSA) is 35.5 Å². The van der Waals surface area contributed by atoms with Gasteiger partial charge in [0.1, 0.15) is 11.2 Å². The van der Waals surface area contributed by atoms with Crippen LogP contribution in [-0.2, 0) is 14.3 Å². The average Bonchev–Trinajstić information content (AvgIpc) is 2.46. The summed E-state index contributed by atoms with van der Waals surface area (Å²) in [5, 5.41) is 0. The van der Waals surface area contributed by atoms with Crippen LogP contribution >= 0.6 is 0 Å². The number of esters is 1. The molecule has 1 aliphatic heterocycles. The van der Waals surface area contributed by atoms with Gasteiger partial charge in [0.25, 0.3) is 0 Å². The zero-order valence-electron chi connectivity index (χ0n) is 10.6. The van der Waals surface area contributed by atoms with Gasteiger partial charge in [-0.2, -0.15) is 0 Å². The van der Waals surface area contributed by atoms with Crippen LogP contribution in [0.2, 0.25) is 0 Å². The van der Waals surface area contributed by atoms with Crippen LogP contribution in [0.1, 0.15) is 39.5 Å². The highest BCUT2D eigenvalue weighted by Crippen LogP contribution is 2.66. The zero-order valence-corrected chi connectivity index (χ0v) is 10.6. The number of rotatable bonds is 4. The third-order valence-electron chi connectivity index (χ3n) is 4.92. The van der Waals surface area contributed by atoms with Crippen molar-refractivity contribution in [2.45, 2.75) is 50.7 Å². The molecular formula is C14H20O3. The number of hydrogen-bond acceptors (Lipinski definition) is 3. The lowest BCUT2D eigenvalue weighted by Crippen LogP contribution is -2.61. The van der Waals surface area contributed by atoms with Gasteiger partial charge in [0.15, 0.2) is 0 Å². The van der Waals surface area contributed by atoms with Gasteiger partial charge in [-0.1, -0.05) is 5.57 Å². The molecule has 4 atom stereocenters. The highest BCUT2D eigenvalue weighted by molar-refractivity contribution is 5.80. The molecule has 0 aromatic rings. The minimum absolute atomic E-state index is 0.00915. The van der Waals surface area contributed by atoms with E-state index in [-0.39, 0.29) is 23.1 Å². The summed E-state index contributed by atoms with van der Waals surface area (Å²) in [4.78, 5) is 11.8. The van der Waals surface area contributed by atoms with Crippen molar-refractivity contribution in [3.05, 3.63) is 12.2 Å². The van der Waals surface area contributed by atoms with Crippen molar-refractivity contribution in [1.82, 2.24) is 0 Å². The van der Waals surface area contributed by atoms with E-state index in [1.807, 2.05) is 13.8 Å². The Kier molecular flexibility index (Phi) is 2.22. The fraction of sp³-hybridized carbons (Fsp3) is 0.786. The molecule has 3 heteroatoms. The summed E-state index contributed by atoms with van der Waals surface area (Å²) < 4.78 is 11.8. The average molecular weight is 236 g/mol. The standard InChI is InChI=1S/C14H20O3/c1-9(2)5-7-16-14-10-4-6-13(14,3)17-12(15)11(14)8-10/h10-11H,1,4-8H2,2-3H3/t10-,11-,13-,14+/m1/s1. The molecule has 0 bridgehead atoms. The summed E-state index contributed by atoms with van der Waals surface area (Å²) in [6.07, 6.45) is 3.91. The molecule has 94 valence electrons. The lowest BCUT2D eigenvalue weighted by molar-refractivity contribution is -0.198. The Hall–Kier alpha value is -0.830. The van der Waals surface area contributed by atoms with Crippen molar-refractivity contribution < 1.29 is 14.3 Å². The van der Waals surface area contributed by atoms with Crippen LogP contribution in [-0.4, -0.2) is 23.8 Å². The molecule has 3 fully saturated rings. The second-order valence-corrected chi connectivity index (χ2v) is 6.02. The molecule has 2 saturated carbocycles. The molecule has 0 aromatic carbocycles. The zero-order chi connectivity index (χ0) is 12.3. The van der Waals surface area contributed by atoms with E-state index < -0.39 is 0 Å². The smallest absolute Gasteiger partial charge is 0.312 e. The second-order valence-electron chi connectivity index (χ2n) is 6.02. The fourth-order valence-corrected chi connectivity index (χ4v) is 4.00. The quantitative estimate of drug-likeness (QED) is 0.555. The molecule has 0 N–H and O–H groups in total. The molecule has 0 aromatic heterocycles. The summed E-state index contributed by atoms with van der Waals surface area (Å²) in [5.41, 5.74) is 0.451. The van der Waals surface area contributed by atoms with Crippen molar-refractivity contribution >= 4 is 5.97 Å². The Morgan fingerprint density at radius 2 is 2.41 bits per heavy atom. The fourth-order valence-electron chi connectivity index (χ4n) is 4.00. The molecule has 17 heavy (non-hydrogen) atoms. The van der Waals surface area contributed by atoms with Crippen LogP contribution in [0.4, 0.5) is 0 Å². The first kappa shape index (κ1) is 11.3. The van der Waals surface area contributed by atoms with Crippen LogP contribution in [0.3, 0.4) is 0 Å². The minimum atomic E-state index is -0.368. The van der Waals surface area contributed by atoms with Crippen molar-refractivity contribution in [2.24, 2.45) is 11.8 Å². The highest BCUT2D eigenvalue weighted by atomic mass is 16.6. The van der Waals surface area contributed by atoms with Crippen LogP contribution in [0.5, 0.6) is 0 Å². The Morgan fingerprint density at radius 1 is 1.65 bits per heavy atom. The van der Waals surface area contributed by atoms with E-state index in [1.54, 1.807) is 0 Å². The number of carbonyl (C=O) groups is 1. The summed E-state index contributed by atoms with van der Waals surface area (Å²) >= 11 is 0. The van der Waals surface area contributed by atoms with Gasteiger partial charge in [0, 0.05) is 0 Å². The van der Waals surface area contributed by atoms with Crippen molar-refractivity contribution in [3.63, 3.8) is 0 Å². The van der Waals surface area contributed by atoms with Gasteiger partial charge in [-0.15, -0.1) is 6.58 Å². The van der Waals surface area contributed by atoms with Gasteiger partial charge >= 0.3 is 5.97 Å². The van der Waals surface area contributed by atoms with E-state index in [0.29, 0.717) is 12.5 Å². The number of hydrogen-bond donors (Lipinski definition) is 0. The number of carbonyl (C=O) groups excluding carboxylic acids is 1. The normalized spacial score (nSPS) is 46.4. The molecule has 0 radical (unpaired) electrons. The predicted octanol–water partition coefficient (Wildman–Crippen LogP) is 2.45. The third kappa shape index (κ3) is 1.23. The summed E-state index contributed by atoms with van der Waals surface area (Å²) in [6.45, 7) is 8.60. The Morgan fingerprint density at radius 3 is 3.12 bits per heavy atom. The van der Waals surface area contributed by atoms with Crippen molar-refractivity contribution in [2.75, 3.05) is 6.61 Å². The molecule has 0 spiro atoms. The third-order valence-corrected chi connectivity index (χ3v) is 4.92. The molecule has 0 amide bonds. The van der Waals surface area contributed by atoms with Crippen LogP contribution in [0.25, 0.3) is 0 Å². The first-order valence-electron chi connectivity index (χ1n) is 6.51.